The normalized spacial score (nSPS) is 10.8. The van der Waals surface area contributed by atoms with Gasteiger partial charge in [-0.25, -0.2) is 14.3 Å². The number of ether oxygens (including phenoxy) is 1. The summed E-state index contributed by atoms with van der Waals surface area (Å²) in [5, 5.41) is 6.27. The molecule has 0 atom stereocenters. The quantitative estimate of drug-likeness (QED) is 0.692. The molecule has 0 N–H and O–H groups in total. The van der Waals surface area contributed by atoms with Crippen LogP contribution >= 0.6 is 11.3 Å². The maximum absolute atomic E-state index is 12.0. The fourth-order valence-corrected chi connectivity index (χ4v) is 2.66. The zero-order valence-electron chi connectivity index (χ0n) is 10.9. The molecule has 0 fully saturated rings. The number of esters is 1. The minimum atomic E-state index is -0.377. The fourth-order valence-electron chi connectivity index (χ4n) is 1.92. The van der Waals surface area contributed by atoms with Crippen molar-refractivity contribution < 1.29 is 9.53 Å². The van der Waals surface area contributed by atoms with Crippen LogP contribution in [0, 0.1) is 0 Å². The summed E-state index contributed by atoms with van der Waals surface area (Å²) in [7, 11) is 0. The molecule has 102 valence electrons. The number of carbonyl (C=O) groups excluding carboxylic acids is 1. The van der Waals surface area contributed by atoms with Crippen LogP contribution in [0.5, 0.6) is 0 Å². The van der Waals surface area contributed by atoms with Crippen LogP contribution in [-0.2, 0) is 4.74 Å². The second-order valence-corrected chi connectivity index (χ2v) is 5.18. The van der Waals surface area contributed by atoms with Crippen LogP contribution in [0.1, 0.15) is 23.7 Å². The van der Waals surface area contributed by atoms with E-state index in [1.54, 1.807) is 22.0 Å². The lowest BCUT2D eigenvalue weighted by atomic mass is 10.3. The highest BCUT2D eigenvalue weighted by molar-refractivity contribution is 7.13. The molecule has 0 unspecified atom stereocenters. The van der Waals surface area contributed by atoms with Crippen LogP contribution in [0.2, 0.25) is 0 Å². The molecular weight excluding hydrogens is 274 g/mol. The van der Waals surface area contributed by atoms with E-state index in [1.807, 2.05) is 30.5 Å². The first kappa shape index (κ1) is 12.8. The molecule has 3 heterocycles. The summed E-state index contributed by atoms with van der Waals surface area (Å²) in [6.07, 6.45) is 3.99. The molecule has 0 aromatic carbocycles. The van der Waals surface area contributed by atoms with Crippen molar-refractivity contribution in [3.8, 4) is 10.6 Å². The van der Waals surface area contributed by atoms with Crippen LogP contribution in [0.3, 0.4) is 0 Å². The SMILES string of the molecule is CCCOC(=O)c1cnn2c(-c3cccs3)ccnc12. The maximum atomic E-state index is 12.0. The molecule has 3 rings (SSSR count). The van der Waals surface area contributed by atoms with Gasteiger partial charge in [0.05, 0.1) is 23.4 Å². The molecule has 0 spiro atoms. The number of hydrogen-bond donors (Lipinski definition) is 0. The summed E-state index contributed by atoms with van der Waals surface area (Å²) in [6, 6.07) is 5.87. The maximum Gasteiger partial charge on any atom is 0.343 e. The smallest absolute Gasteiger partial charge is 0.343 e. The Balaban J connectivity index is 2.06. The van der Waals surface area contributed by atoms with Gasteiger partial charge in [0.1, 0.15) is 5.56 Å². The van der Waals surface area contributed by atoms with E-state index in [2.05, 4.69) is 10.1 Å². The number of rotatable bonds is 4. The highest BCUT2D eigenvalue weighted by atomic mass is 32.1. The Hall–Kier alpha value is -2.21. The van der Waals surface area contributed by atoms with Crippen molar-refractivity contribution in [3.63, 3.8) is 0 Å². The molecule has 3 aromatic rings. The third kappa shape index (κ3) is 2.18. The molecule has 3 aromatic heterocycles. The fraction of sp³-hybridized carbons (Fsp3) is 0.214. The topological polar surface area (TPSA) is 56.5 Å². The molecule has 0 saturated heterocycles. The Morgan fingerprint density at radius 1 is 1.45 bits per heavy atom. The molecular formula is C14H13N3O2S. The van der Waals surface area contributed by atoms with Crippen molar-refractivity contribution in [2.75, 3.05) is 6.61 Å². The van der Waals surface area contributed by atoms with Gasteiger partial charge in [-0.2, -0.15) is 5.10 Å². The lowest BCUT2D eigenvalue weighted by Crippen LogP contribution is -2.06. The second kappa shape index (κ2) is 5.42. The highest BCUT2D eigenvalue weighted by Crippen LogP contribution is 2.25. The molecule has 0 aliphatic rings. The summed E-state index contributed by atoms with van der Waals surface area (Å²) in [5.41, 5.74) is 1.84. The van der Waals surface area contributed by atoms with E-state index < -0.39 is 0 Å². The van der Waals surface area contributed by atoms with Gasteiger partial charge in [0.2, 0.25) is 0 Å². The van der Waals surface area contributed by atoms with Crippen molar-refractivity contribution in [1.82, 2.24) is 14.6 Å². The first-order valence-electron chi connectivity index (χ1n) is 6.35. The van der Waals surface area contributed by atoms with Gasteiger partial charge in [0.15, 0.2) is 5.65 Å². The number of carbonyl (C=O) groups is 1. The van der Waals surface area contributed by atoms with E-state index >= 15 is 0 Å². The Labute approximate surface area is 119 Å². The predicted octanol–water partition coefficient (Wildman–Crippen LogP) is 3.02. The minimum Gasteiger partial charge on any atom is -0.462 e. The Kier molecular flexibility index (Phi) is 3.47. The van der Waals surface area contributed by atoms with E-state index in [0.717, 1.165) is 17.0 Å². The molecule has 20 heavy (non-hydrogen) atoms. The van der Waals surface area contributed by atoms with Crippen molar-refractivity contribution in [3.05, 3.63) is 41.5 Å². The lowest BCUT2D eigenvalue weighted by molar-refractivity contribution is 0.0507. The predicted molar refractivity (Wildman–Crippen MR) is 76.9 cm³/mol. The number of hydrogen-bond acceptors (Lipinski definition) is 5. The first-order chi connectivity index (χ1) is 9.81. The molecule has 6 heteroatoms. The molecule has 0 bridgehead atoms. The van der Waals surface area contributed by atoms with Crippen LogP contribution < -0.4 is 0 Å². The van der Waals surface area contributed by atoms with Crippen molar-refractivity contribution in [2.45, 2.75) is 13.3 Å². The number of thiophene rings is 1. The van der Waals surface area contributed by atoms with Gasteiger partial charge in [-0.15, -0.1) is 11.3 Å². The van der Waals surface area contributed by atoms with Gasteiger partial charge in [0, 0.05) is 6.20 Å². The summed E-state index contributed by atoms with van der Waals surface area (Å²) in [5.74, 6) is -0.377. The Bertz CT molecular complexity index is 734. The van der Waals surface area contributed by atoms with Crippen molar-refractivity contribution in [2.24, 2.45) is 0 Å². The van der Waals surface area contributed by atoms with E-state index in [9.17, 15) is 4.79 Å². The average molecular weight is 287 g/mol. The zero-order chi connectivity index (χ0) is 13.9. The largest absolute Gasteiger partial charge is 0.462 e. The molecule has 0 saturated carbocycles. The van der Waals surface area contributed by atoms with Gasteiger partial charge in [-0.3, -0.25) is 0 Å². The Morgan fingerprint density at radius 3 is 3.10 bits per heavy atom. The van der Waals surface area contributed by atoms with E-state index in [4.69, 9.17) is 4.74 Å². The van der Waals surface area contributed by atoms with E-state index in [-0.39, 0.29) is 5.97 Å². The first-order valence-corrected chi connectivity index (χ1v) is 7.23. The molecule has 5 nitrogen and oxygen atoms in total. The second-order valence-electron chi connectivity index (χ2n) is 4.24. The van der Waals surface area contributed by atoms with Gasteiger partial charge >= 0.3 is 5.97 Å². The Morgan fingerprint density at radius 2 is 2.35 bits per heavy atom. The van der Waals surface area contributed by atoms with Gasteiger partial charge in [0.25, 0.3) is 0 Å². The molecule has 0 aliphatic heterocycles. The number of aromatic nitrogens is 3. The van der Waals surface area contributed by atoms with Gasteiger partial charge < -0.3 is 4.74 Å². The standard InChI is InChI=1S/C14H13N3O2S/c1-2-7-19-14(18)10-9-16-17-11(5-6-15-13(10)17)12-4-3-8-20-12/h3-6,8-9H,2,7H2,1H3. The monoisotopic (exact) mass is 287 g/mol. The third-order valence-electron chi connectivity index (χ3n) is 2.83. The van der Waals surface area contributed by atoms with E-state index in [1.165, 1.54) is 6.20 Å². The minimum absolute atomic E-state index is 0.377. The summed E-state index contributed by atoms with van der Waals surface area (Å²) in [4.78, 5) is 17.3. The summed E-state index contributed by atoms with van der Waals surface area (Å²) >= 11 is 1.62. The lowest BCUT2D eigenvalue weighted by Gasteiger charge is -2.03. The summed E-state index contributed by atoms with van der Waals surface area (Å²) < 4.78 is 6.82. The van der Waals surface area contributed by atoms with Crippen LogP contribution in [0.25, 0.3) is 16.2 Å². The van der Waals surface area contributed by atoms with Crippen molar-refractivity contribution >= 4 is 23.0 Å². The number of nitrogens with zero attached hydrogens (tertiary/aromatic N) is 3. The van der Waals surface area contributed by atoms with Crippen LogP contribution in [0.4, 0.5) is 0 Å². The van der Waals surface area contributed by atoms with Crippen LogP contribution in [-0.4, -0.2) is 27.2 Å². The van der Waals surface area contributed by atoms with E-state index in [0.29, 0.717) is 17.8 Å². The number of fused-ring (bicyclic) bond motifs is 1. The zero-order valence-corrected chi connectivity index (χ0v) is 11.8. The van der Waals surface area contributed by atoms with Crippen molar-refractivity contribution in [1.29, 1.82) is 0 Å². The highest BCUT2D eigenvalue weighted by Gasteiger charge is 2.17. The third-order valence-corrected chi connectivity index (χ3v) is 3.72. The van der Waals surface area contributed by atoms with Gasteiger partial charge in [-0.05, 0) is 23.9 Å². The summed E-state index contributed by atoms with van der Waals surface area (Å²) in [6.45, 7) is 2.36. The molecule has 0 amide bonds. The molecule has 0 radical (unpaired) electrons. The average Bonchev–Trinajstić information content (AvgIpc) is 3.13. The van der Waals surface area contributed by atoms with Crippen LogP contribution in [0.15, 0.2) is 36.0 Å². The van der Waals surface area contributed by atoms with Gasteiger partial charge in [-0.1, -0.05) is 13.0 Å². The molecule has 0 aliphatic carbocycles.